The molecule has 11 heteroatoms. The number of Topliss-reactive ketones (excluding diaryl/α,β-unsaturated/α-hetero) is 2. The van der Waals surface area contributed by atoms with Crippen LogP contribution in [0.25, 0.3) is 0 Å². The molecule has 7 N–H and O–H groups in total. The van der Waals surface area contributed by atoms with Crippen molar-refractivity contribution in [1.29, 1.82) is 0 Å². The van der Waals surface area contributed by atoms with Gasteiger partial charge in [0.1, 0.15) is 24.0 Å². The van der Waals surface area contributed by atoms with E-state index in [1.54, 1.807) is 25.3 Å². The van der Waals surface area contributed by atoms with Gasteiger partial charge >= 0.3 is 0 Å². The molecule has 6 rings (SSSR count). The number of anilines is 1. The van der Waals surface area contributed by atoms with Gasteiger partial charge < -0.3 is 36.2 Å². The van der Waals surface area contributed by atoms with E-state index in [9.17, 15) is 30.0 Å². The third-order valence-corrected chi connectivity index (χ3v) is 12.8. The Labute approximate surface area is 360 Å². The van der Waals surface area contributed by atoms with Gasteiger partial charge in [0, 0.05) is 37.5 Å². The van der Waals surface area contributed by atoms with Crippen LogP contribution in [0.3, 0.4) is 0 Å². The Kier molecular flexibility index (Phi) is 15.8. The zero-order chi connectivity index (χ0) is 43.6. The standard InChI is InChI=1S/C50H62N4O7/c1-5-9-41(45(57)25-39-22-38(29-54-39)30(2)27-52-28-31(3)55)37-20-33(18-32-16-17-53-48(51)21-32)19-35-12-14-40(34-10-7-6-8-11-34)42-26-46(58)47(61-4)24-36(42)13-15-44(56)50(60)49(59)43(35)23-37/h6-8,10-11,16-17,21-22,24,26,29-31,33,35,37,40-41,43,45,50,52,55,57,60H,5,9,13,15,18-20,23,25,27-28H2,1-4H3,(H2-,51,53,58)/p+1/t30-,31+,33-,35-,37-,40-,41+,43+,45-,50+/m1/s1. The zero-order valence-electron chi connectivity index (χ0n) is 36.0. The largest absolute Gasteiger partial charge is 0.504 e. The molecule has 0 bridgehead atoms. The molecule has 0 unspecified atom stereocenters. The number of hydrogen-bond donors (Lipinski definition) is 6. The number of rotatable bonds is 15. The minimum Gasteiger partial charge on any atom is -0.504 e. The molecule has 2 heterocycles. The fraction of sp³-hybridized carbons (Fsp3) is 0.500. The number of ketones is 2. The number of phenolic OH excluding ortho intramolecular Hbond substituents is 1. The number of fused-ring (bicyclic) bond motifs is 2. The van der Waals surface area contributed by atoms with Crippen LogP contribution in [0.4, 0.5) is 5.82 Å². The van der Waals surface area contributed by atoms with E-state index in [2.05, 4.69) is 36.0 Å². The molecule has 2 aromatic carbocycles. The lowest BCUT2D eigenvalue weighted by atomic mass is 9.73. The number of aromatic hydroxyl groups is 1. The number of aliphatic hydroxyl groups excluding tert-OH is 3. The van der Waals surface area contributed by atoms with Gasteiger partial charge in [-0.2, -0.15) is 0 Å². The molecule has 11 nitrogen and oxygen atoms in total. The number of allylic oxidation sites excluding steroid dienone is 1. The molecule has 0 amide bonds. The molecule has 1 aromatic heterocycles. The number of nitrogen functional groups attached to an aromatic ring is 1. The first-order chi connectivity index (χ1) is 29.3. The van der Waals surface area contributed by atoms with Gasteiger partial charge in [-0.1, -0.05) is 55.5 Å². The minimum absolute atomic E-state index is 0.0191. The third kappa shape index (κ3) is 11.7. The summed E-state index contributed by atoms with van der Waals surface area (Å²) >= 11 is 0. The third-order valence-electron chi connectivity index (χ3n) is 12.8. The number of nitrogens with two attached hydrogens (primary N) is 1. The number of nitrogens with zero attached hydrogens (tertiary/aromatic N) is 2. The summed E-state index contributed by atoms with van der Waals surface area (Å²) in [5, 5.41) is 47.7. The topological polar surface area (TPSA) is 188 Å². The quantitative estimate of drug-likeness (QED) is 0.0588. The van der Waals surface area contributed by atoms with Gasteiger partial charge in [0.2, 0.25) is 0 Å². The zero-order valence-corrected chi connectivity index (χ0v) is 36.0. The molecular formula is C50H63N4O7+. The van der Waals surface area contributed by atoms with E-state index in [4.69, 9.17) is 15.5 Å². The van der Waals surface area contributed by atoms with Crippen molar-refractivity contribution in [2.75, 3.05) is 25.9 Å². The number of aromatic nitrogens is 1. The summed E-state index contributed by atoms with van der Waals surface area (Å²) in [5.41, 5.74) is 10.3. The molecule has 0 saturated heterocycles. The van der Waals surface area contributed by atoms with E-state index >= 15 is 0 Å². The number of ether oxygens (including phenoxy) is 1. The molecule has 2 aliphatic carbocycles. The summed E-state index contributed by atoms with van der Waals surface area (Å²) in [6.07, 6.45) is 6.81. The molecule has 61 heavy (non-hydrogen) atoms. The van der Waals surface area contributed by atoms with Crippen LogP contribution in [0.1, 0.15) is 93.9 Å². The molecular weight excluding hydrogens is 769 g/mol. The number of carbonyl (C=O) groups excluding carboxylic acids is 2. The second-order valence-electron chi connectivity index (χ2n) is 17.5. The first-order valence-corrected chi connectivity index (χ1v) is 21.9. The van der Waals surface area contributed by atoms with Crippen LogP contribution in [0.2, 0.25) is 0 Å². The maximum absolute atomic E-state index is 14.7. The first-order valence-electron chi connectivity index (χ1n) is 21.9. The Morgan fingerprint density at radius 2 is 1.80 bits per heavy atom. The van der Waals surface area contributed by atoms with Crippen molar-refractivity contribution in [3.63, 3.8) is 0 Å². The fourth-order valence-corrected chi connectivity index (χ4v) is 9.66. The number of nitrogens with one attached hydrogen (secondary N) is 1. The predicted octanol–water partition coefficient (Wildman–Crippen LogP) is 6.17. The van der Waals surface area contributed by atoms with Crippen molar-refractivity contribution in [3.05, 3.63) is 101 Å². The number of phenols is 1. The summed E-state index contributed by atoms with van der Waals surface area (Å²) in [6.45, 7) is 7.14. The number of aryl methyl sites for hydroxylation is 1. The van der Waals surface area contributed by atoms with Crippen LogP contribution < -0.4 is 15.8 Å². The molecule has 3 aliphatic rings. The Balaban J connectivity index is 1.39. The maximum atomic E-state index is 14.7. The van der Waals surface area contributed by atoms with Crippen LogP contribution in [0.5, 0.6) is 11.5 Å². The summed E-state index contributed by atoms with van der Waals surface area (Å²) in [5.74, 6) is 5.82. The highest BCUT2D eigenvalue weighted by atomic mass is 16.5. The molecule has 0 radical (unpaired) electrons. The molecule has 10 atom stereocenters. The Hall–Kier alpha value is -4.99. The van der Waals surface area contributed by atoms with Crippen LogP contribution >= 0.6 is 0 Å². The number of benzene rings is 2. The van der Waals surface area contributed by atoms with E-state index in [0.717, 1.165) is 40.3 Å². The van der Waals surface area contributed by atoms with Crippen molar-refractivity contribution in [2.45, 2.75) is 103 Å². The monoisotopic (exact) mass is 831 g/mol. The van der Waals surface area contributed by atoms with Gasteiger partial charge in [0.25, 0.3) is 0 Å². The SMILES string of the molecule is CCC[C@@H]([C@@H]1C[C@H](Cc2ccnc(N)c2)C[C@H]2C#C[C@H](c3ccccc3)c3cc(O)c(OC)cc3CCC(=O)[C@H](O)C(=O)[C@H]2C1)[C@H](O)CC1=C[C+]([C@H](C)CNC[C@H](C)O)C=N1. The molecule has 1 fully saturated rings. The lowest BCUT2D eigenvalue weighted by molar-refractivity contribution is -0.142. The van der Waals surface area contributed by atoms with E-state index in [1.165, 1.54) is 7.11 Å². The Bertz CT molecular complexity index is 2090. The van der Waals surface area contributed by atoms with Gasteiger partial charge in [-0.15, -0.1) is 4.99 Å². The van der Waals surface area contributed by atoms with Crippen LogP contribution in [-0.4, -0.2) is 81.7 Å². The summed E-state index contributed by atoms with van der Waals surface area (Å²) in [4.78, 5) is 37.4. The molecule has 1 saturated carbocycles. The van der Waals surface area contributed by atoms with Gasteiger partial charge in [-0.25, -0.2) is 4.98 Å². The number of hydrogen-bond acceptors (Lipinski definition) is 11. The number of methoxy groups -OCH3 is 1. The van der Waals surface area contributed by atoms with E-state index in [-0.39, 0.29) is 48.0 Å². The fourth-order valence-electron chi connectivity index (χ4n) is 9.66. The molecule has 3 aromatic rings. The summed E-state index contributed by atoms with van der Waals surface area (Å²) < 4.78 is 5.45. The van der Waals surface area contributed by atoms with E-state index in [0.29, 0.717) is 57.4 Å². The normalized spacial score (nSPS) is 25.0. The van der Waals surface area contributed by atoms with Gasteiger partial charge in [-0.3, -0.25) is 9.59 Å². The number of aliphatic imine (C=N–C) groups is 1. The average molecular weight is 832 g/mol. The highest BCUT2D eigenvalue weighted by Gasteiger charge is 2.44. The maximum Gasteiger partial charge on any atom is 0.177 e. The number of carbonyl (C=O) groups is 2. The predicted molar refractivity (Wildman–Crippen MR) is 238 cm³/mol. The van der Waals surface area contributed by atoms with Gasteiger partial charge in [-0.05, 0) is 117 Å². The molecule has 0 spiro atoms. The van der Waals surface area contributed by atoms with Gasteiger partial charge in [0.15, 0.2) is 34.9 Å². The number of pyridine rings is 1. The van der Waals surface area contributed by atoms with Crippen molar-refractivity contribution in [2.24, 2.45) is 40.5 Å². The first kappa shape index (κ1) is 45.5. The summed E-state index contributed by atoms with van der Waals surface area (Å²) in [6, 6.07) is 17.0. The smallest absolute Gasteiger partial charge is 0.177 e. The Morgan fingerprint density at radius 1 is 1.02 bits per heavy atom. The van der Waals surface area contributed by atoms with Crippen molar-refractivity contribution < 1.29 is 34.8 Å². The number of aliphatic hydroxyl groups is 3. The van der Waals surface area contributed by atoms with E-state index in [1.807, 2.05) is 54.8 Å². The lowest BCUT2D eigenvalue weighted by Crippen LogP contribution is -2.39. The average Bonchev–Trinajstić information content (AvgIpc) is 3.63. The van der Waals surface area contributed by atoms with Crippen LogP contribution in [0, 0.1) is 53.3 Å². The lowest BCUT2D eigenvalue weighted by Gasteiger charge is -2.33. The Morgan fingerprint density at radius 3 is 2.52 bits per heavy atom. The van der Waals surface area contributed by atoms with E-state index < -0.39 is 47.6 Å². The van der Waals surface area contributed by atoms with Crippen LogP contribution in [0.15, 0.2) is 77.6 Å². The molecule has 1 aliphatic heterocycles. The second-order valence-corrected chi connectivity index (χ2v) is 17.5. The highest BCUT2D eigenvalue weighted by Crippen LogP contribution is 2.45. The summed E-state index contributed by atoms with van der Waals surface area (Å²) in [7, 11) is 1.47. The molecule has 324 valence electrons. The highest BCUT2D eigenvalue weighted by molar-refractivity contribution is 6.06. The van der Waals surface area contributed by atoms with Crippen molar-refractivity contribution >= 4 is 23.6 Å². The minimum atomic E-state index is -1.82. The van der Waals surface area contributed by atoms with Crippen molar-refractivity contribution in [3.8, 4) is 23.3 Å². The second kappa shape index (κ2) is 21.2. The van der Waals surface area contributed by atoms with Crippen LogP contribution in [-0.2, 0) is 22.4 Å². The van der Waals surface area contributed by atoms with Gasteiger partial charge in [0.05, 0.1) is 37.6 Å². The van der Waals surface area contributed by atoms with Crippen molar-refractivity contribution in [1.82, 2.24) is 10.3 Å².